The van der Waals surface area contributed by atoms with Crippen molar-refractivity contribution in [1.82, 2.24) is 0 Å². The lowest BCUT2D eigenvalue weighted by molar-refractivity contribution is 0.669. The number of nitrogens with zero attached hydrogens (tertiary/aromatic N) is 1. The highest BCUT2D eigenvalue weighted by atomic mass is 16.3. The van der Waals surface area contributed by atoms with E-state index >= 15 is 0 Å². The molecule has 1 heterocycles. The van der Waals surface area contributed by atoms with E-state index in [0.29, 0.717) is 0 Å². The van der Waals surface area contributed by atoms with E-state index in [4.69, 9.17) is 4.42 Å². The Bertz CT molecular complexity index is 3270. The molecule has 0 N–H and O–H groups in total. The summed E-state index contributed by atoms with van der Waals surface area (Å²) in [6.07, 6.45) is 0. The number of fused-ring (bicyclic) bond motifs is 4. The van der Waals surface area contributed by atoms with Crippen molar-refractivity contribution in [2.45, 2.75) is 0 Å². The molecule has 11 rings (SSSR count). The number of anilines is 3. The first-order valence-corrected chi connectivity index (χ1v) is 20.5. The fourth-order valence-corrected chi connectivity index (χ4v) is 8.59. The average Bonchev–Trinajstić information content (AvgIpc) is 3.71. The number of rotatable bonds is 8. The summed E-state index contributed by atoms with van der Waals surface area (Å²) >= 11 is 0. The highest BCUT2D eigenvalue weighted by Crippen LogP contribution is 2.40. The Kier molecular flexibility index (Phi) is 8.87. The molecule has 60 heavy (non-hydrogen) atoms. The van der Waals surface area contributed by atoms with Gasteiger partial charge in [-0.15, -0.1) is 0 Å². The van der Waals surface area contributed by atoms with Gasteiger partial charge in [-0.2, -0.15) is 0 Å². The van der Waals surface area contributed by atoms with Gasteiger partial charge in [-0.3, -0.25) is 0 Å². The molecule has 0 fully saturated rings. The van der Waals surface area contributed by atoms with E-state index in [2.05, 4.69) is 229 Å². The Balaban J connectivity index is 0.939. The molecule has 0 amide bonds. The van der Waals surface area contributed by atoms with Gasteiger partial charge in [-0.05, 0) is 121 Å². The number of hydrogen-bond acceptors (Lipinski definition) is 2. The molecule has 0 bridgehead atoms. The van der Waals surface area contributed by atoms with Gasteiger partial charge in [0.2, 0.25) is 0 Å². The molecule has 11 aromatic rings. The number of hydrogen-bond donors (Lipinski definition) is 0. The van der Waals surface area contributed by atoms with Crippen LogP contribution in [-0.2, 0) is 0 Å². The molecule has 2 heteroatoms. The van der Waals surface area contributed by atoms with E-state index in [1.165, 1.54) is 55.3 Å². The Morgan fingerprint density at radius 1 is 0.250 bits per heavy atom. The molecule has 2 nitrogen and oxygen atoms in total. The van der Waals surface area contributed by atoms with Gasteiger partial charge in [0, 0.05) is 27.8 Å². The van der Waals surface area contributed by atoms with Gasteiger partial charge in [0.1, 0.15) is 11.2 Å². The molecular weight excluding hydrogens is 727 g/mol. The van der Waals surface area contributed by atoms with Crippen molar-refractivity contribution >= 4 is 49.8 Å². The van der Waals surface area contributed by atoms with Crippen LogP contribution < -0.4 is 4.90 Å². The van der Waals surface area contributed by atoms with Crippen molar-refractivity contribution in [3.05, 3.63) is 237 Å². The van der Waals surface area contributed by atoms with Crippen molar-refractivity contribution in [1.29, 1.82) is 0 Å². The second kappa shape index (κ2) is 15.1. The molecule has 282 valence electrons. The summed E-state index contributed by atoms with van der Waals surface area (Å²) in [6.45, 7) is 0. The van der Waals surface area contributed by atoms with Crippen LogP contribution in [-0.4, -0.2) is 0 Å². The largest absolute Gasteiger partial charge is 0.456 e. The molecule has 1 aromatic heterocycles. The normalized spacial score (nSPS) is 11.3. The lowest BCUT2D eigenvalue weighted by Crippen LogP contribution is -2.10. The molecule has 0 saturated heterocycles. The van der Waals surface area contributed by atoms with Crippen LogP contribution in [0, 0.1) is 0 Å². The number of benzene rings is 10. The zero-order chi connectivity index (χ0) is 39.8. The van der Waals surface area contributed by atoms with Gasteiger partial charge in [0.25, 0.3) is 0 Å². The first kappa shape index (κ1) is 35.2. The van der Waals surface area contributed by atoms with E-state index in [-0.39, 0.29) is 0 Å². The van der Waals surface area contributed by atoms with Crippen LogP contribution in [0.1, 0.15) is 0 Å². The van der Waals surface area contributed by atoms with Crippen LogP contribution in [0.4, 0.5) is 17.1 Å². The van der Waals surface area contributed by atoms with Crippen LogP contribution >= 0.6 is 0 Å². The first-order valence-electron chi connectivity index (χ1n) is 20.5. The lowest BCUT2D eigenvalue weighted by atomic mass is 9.97. The van der Waals surface area contributed by atoms with Crippen molar-refractivity contribution < 1.29 is 4.42 Å². The molecule has 0 aliphatic rings. The average molecular weight is 766 g/mol. The zero-order valence-electron chi connectivity index (χ0n) is 32.9. The summed E-state index contributed by atoms with van der Waals surface area (Å²) in [5.74, 6) is 0. The summed E-state index contributed by atoms with van der Waals surface area (Å²) in [5, 5.41) is 4.78. The van der Waals surface area contributed by atoms with Gasteiger partial charge in [-0.1, -0.05) is 182 Å². The third kappa shape index (κ3) is 6.61. The first-order chi connectivity index (χ1) is 29.7. The maximum Gasteiger partial charge on any atom is 0.135 e. The Hall–Kier alpha value is -7.94. The van der Waals surface area contributed by atoms with E-state index in [9.17, 15) is 0 Å². The standard InChI is InChI=1S/C58H39NO/c1-2-10-40(11-3-1)41-20-22-42(23-21-41)43-28-33-50(34-29-43)59(51-35-30-47(31-36-51)54-18-9-13-46-12-4-5-16-53(46)54)52-15-8-14-48(38-52)44-24-26-45(27-25-44)49-32-37-58-56(39-49)55-17-6-7-19-57(55)60-58/h1-39H. The molecule has 0 saturated carbocycles. The minimum atomic E-state index is 0.910. The summed E-state index contributed by atoms with van der Waals surface area (Å²) in [5.41, 5.74) is 17.0. The quantitative estimate of drug-likeness (QED) is 0.153. The molecule has 0 aliphatic carbocycles. The maximum atomic E-state index is 6.10. The molecular formula is C58H39NO. The maximum absolute atomic E-state index is 6.10. The lowest BCUT2D eigenvalue weighted by Gasteiger charge is -2.26. The zero-order valence-corrected chi connectivity index (χ0v) is 32.9. The van der Waals surface area contributed by atoms with E-state index in [0.717, 1.165) is 50.1 Å². The van der Waals surface area contributed by atoms with Gasteiger partial charge in [0.05, 0.1) is 0 Å². The fraction of sp³-hybridized carbons (Fsp3) is 0. The highest BCUT2D eigenvalue weighted by molar-refractivity contribution is 6.06. The van der Waals surface area contributed by atoms with E-state index in [1.54, 1.807) is 0 Å². The Morgan fingerprint density at radius 3 is 1.38 bits per heavy atom. The predicted molar refractivity (Wildman–Crippen MR) is 253 cm³/mol. The molecule has 0 radical (unpaired) electrons. The third-order valence-corrected chi connectivity index (χ3v) is 11.7. The van der Waals surface area contributed by atoms with Crippen LogP contribution in [0.5, 0.6) is 0 Å². The summed E-state index contributed by atoms with van der Waals surface area (Å²) in [7, 11) is 0. The third-order valence-electron chi connectivity index (χ3n) is 11.7. The van der Waals surface area contributed by atoms with Crippen molar-refractivity contribution in [3.63, 3.8) is 0 Å². The minimum absolute atomic E-state index is 0.910. The molecule has 0 atom stereocenters. The summed E-state index contributed by atoms with van der Waals surface area (Å²) in [4.78, 5) is 2.36. The SMILES string of the molecule is c1ccc(-c2ccc(-c3ccc(N(c4ccc(-c5cccc6ccccc56)cc4)c4cccc(-c5ccc(-c6ccc7oc8ccccc8c7c6)cc5)c4)cc3)cc2)cc1. The molecule has 10 aromatic carbocycles. The number of para-hydroxylation sites is 1. The summed E-state index contributed by atoms with van der Waals surface area (Å²) in [6, 6.07) is 84.9. The van der Waals surface area contributed by atoms with Crippen LogP contribution in [0.25, 0.3) is 88.3 Å². The van der Waals surface area contributed by atoms with Crippen LogP contribution in [0.15, 0.2) is 241 Å². The molecule has 0 spiro atoms. The second-order valence-electron chi connectivity index (χ2n) is 15.3. The van der Waals surface area contributed by atoms with Crippen LogP contribution in [0.2, 0.25) is 0 Å². The second-order valence-corrected chi connectivity index (χ2v) is 15.3. The minimum Gasteiger partial charge on any atom is -0.456 e. The fourth-order valence-electron chi connectivity index (χ4n) is 8.59. The monoisotopic (exact) mass is 765 g/mol. The summed E-state index contributed by atoms with van der Waals surface area (Å²) < 4.78 is 6.10. The van der Waals surface area contributed by atoms with Crippen molar-refractivity contribution in [2.24, 2.45) is 0 Å². The molecule has 0 unspecified atom stereocenters. The van der Waals surface area contributed by atoms with E-state index in [1.807, 2.05) is 12.1 Å². The van der Waals surface area contributed by atoms with Gasteiger partial charge < -0.3 is 9.32 Å². The topological polar surface area (TPSA) is 16.4 Å². The smallest absolute Gasteiger partial charge is 0.135 e. The van der Waals surface area contributed by atoms with Crippen molar-refractivity contribution in [3.8, 4) is 55.6 Å². The van der Waals surface area contributed by atoms with Crippen LogP contribution in [0.3, 0.4) is 0 Å². The van der Waals surface area contributed by atoms with Gasteiger partial charge >= 0.3 is 0 Å². The van der Waals surface area contributed by atoms with Crippen molar-refractivity contribution in [2.75, 3.05) is 4.90 Å². The van der Waals surface area contributed by atoms with E-state index < -0.39 is 0 Å². The van der Waals surface area contributed by atoms with Gasteiger partial charge in [-0.25, -0.2) is 0 Å². The van der Waals surface area contributed by atoms with Gasteiger partial charge in [0.15, 0.2) is 0 Å². The molecule has 0 aliphatic heterocycles. The predicted octanol–water partition coefficient (Wildman–Crippen LogP) is 16.5. The Morgan fingerprint density at radius 2 is 0.700 bits per heavy atom. The Labute approximate surface area is 349 Å². The number of furan rings is 1. The highest BCUT2D eigenvalue weighted by Gasteiger charge is 2.16.